The maximum atomic E-state index is 8.45. The molecular formula is C9H9BrCl2N2. The monoisotopic (exact) mass is 294 g/mol. The molecule has 0 saturated carbocycles. The van der Waals surface area contributed by atoms with Gasteiger partial charge in [-0.15, -0.1) is 12.4 Å². The first kappa shape index (κ1) is 13.7. The molecule has 0 aromatic heterocycles. The lowest BCUT2D eigenvalue weighted by Crippen LogP contribution is -2.08. The Balaban J connectivity index is 0.00000169. The van der Waals surface area contributed by atoms with E-state index in [2.05, 4.69) is 15.9 Å². The highest BCUT2D eigenvalue weighted by molar-refractivity contribution is 9.10. The van der Waals surface area contributed by atoms with Gasteiger partial charge in [0.2, 0.25) is 0 Å². The highest BCUT2D eigenvalue weighted by Crippen LogP contribution is 2.26. The topological polar surface area (TPSA) is 49.8 Å². The van der Waals surface area contributed by atoms with Gasteiger partial charge in [0, 0.05) is 10.5 Å². The molecule has 5 heteroatoms. The molecule has 0 aliphatic carbocycles. The summed E-state index contributed by atoms with van der Waals surface area (Å²) in [6, 6.07) is 7.22. The number of nitrogens with two attached hydrogens (primary N) is 1. The van der Waals surface area contributed by atoms with Gasteiger partial charge in [0.15, 0.2) is 0 Å². The lowest BCUT2D eigenvalue weighted by molar-refractivity contribution is 0.748. The van der Waals surface area contributed by atoms with E-state index in [1.807, 2.05) is 18.2 Å². The van der Waals surface area contributed by atoms with Gasteiger partial charge in [-0.3, -0.25) is 0 Å². The smallest absolute Gasteiger partial charge is 0.0641 e. The maximum absolute atomic E-state index is 8.45. The van der Waals surface area contributed by atoms with Crippen LogP contribution in [0.1, 0.15) is 18.0 Å². The van der Waals surface area contributed by atoms with Crippen molar-refractivity contribution in [1.29, 1.82) is 5.26 Å². The largest absolute Gasteiger partial charge is 0.323 e. The Morgan fingerprint density at radius 1 is 1.57 bits per heavy atom. The Morgan fingerprint density at radius 3 is 2.71 bits per heavy atom. The molecule has 0 aliphatic heterocycles. The summed E-state index contributed by atoms with van der Waals surface area (Å²) in [6.07, 6.45) is 0.314. The van der Waals surface area contributed by atoms with Crippen LogP contribution in [0, 0.1) is 11.3 Å². The van der Waals surface area contributed by atoms with Crippen molar-refractivity contribution in [3.8, 4) is 6.07 Å². The zero-order valence-corrected chi connectivity index (χ0v) is 10.4. The van der Waals surface area contributed by atoms with E-state index in [9.17, 15) is 0 Å². The number of hydrogen-bond acceptors (Lipinski definition) is 2. The standard InChI is InChI=1S/C9H8BrClN2.ClH/c10-7-5-6(1-2-8(7)11)9(13)3-4-12;/h1-2,5,9H,3,13H2;1H/t9-;/m0./s1. The van der Waals surface area contributed by atoms with Gasteiger partial charge >= 0.3 is 0 Å². The second-order valence-electron chi connectivity index (χ2n) is 2.64. The van der Waals surface area contributed by atoms with Crippen LogP contribution < -0.4 is 5.73 Å². The third-order valence-electron chi connectivity index (χ3n) is 1.68. The molecule has 0 bridgehead atoms. The molecule has 0 radical (unpaired) electrons. The quantitative estimate of drug-likeness (QED) is 0.908. The van der Waals surface area contributed by atoms with E-state index in [-0.39, 0.29) is 18.4 Å². The van der Waals surface area contributed by atoms with Crippen molar-refractivity contribution in [2.45, 2.75) is 12.5 Å². The van der Waals surface area contributed by atoms with E-state index in [1.54, 1.807) is 6.07 Å². The SMILES string of the molecule is Cl.N#CC[C@H](N)c1ccc(Cl)c(Br)c1. The second-order valence-corrected chi connectivity index (χ2v) is 3.90. The first-order valence-electron chi connectivity index (χ1n) is 3.72. The average molecular weight is 296 g/mol. The van der Waals surface area contributed by atoms with Gasteiger partial charge < -0.3 is 5.73 Å². The fourth-order valence-corrected chi connectivity index (χ4v) is 1.47. The van der Waals surface area contributed by atoms with Gasteiger partial charge in [-0.25, -0.2) is 0 Å². The number of halogens is 3. The molecule has 14 heavy (non-hydrogen) atoms. The van der Waals surface area contributed by atoms with Crippen LogP contribution in [0.4, 0.5) is 0 Å². The van der Waals surface area contributed by atoms with E-state index in [0.29, 0.717) is 11.4 Å². The molecule has 1 aromatic carbocycles. The average Bonchev–Trinajstić information content (AvgIpc) is 2.10. The number of rotatable bonds is 2. The zero-order chi connectivity index (χ0) is 9.84. The summed E-state index contributed by atoms with van der Waals surface area (Å²) in [6.45, 7) is 0. The zero-order valence-electron chi connectivity index (χ0n) is 7.21. The van der Waals surface area contributed by atoms with Crippen LogP contribution in [0.15, 0.2) is 22.7 Å². The first-order chi connectivity index (χ1) is 6.15. The molecule has 76 valence electrons. The fraction of sp³-hybridized carbons (Fsp3) is 0.222. The Bertz CT molecular complexity index is 349. The summed E-state index contributed by atoms with van der Waals surface area (Å²) in [5, 5.41) is 9.10. The summed E-state index contributed by atoms with van der Waals surface area (Å²) in [5.74, 6) is 0. The van der Waals surface area contributed by atoms with Crippen LogP contribution in [0.25, 0.3) is 0 Å². The van der Waals surface area contributed by atoms with Gasteiger partial charge in [0.1, 0.15) is 0 Å². The van der Waals surface area contributed by atoms with E-state index >= 15 is 0 Å². The minimum atomic E-state index is -0.237. The molecule has 1 aromatic rings. The van der Waals surface area contributed by atoms with Gasteiger partial charge in [-0.05, 0) is 33.6 Å². The second kappa shape index (κ2) is 6.26. The molecule has 2 nitrogen and oxygen atoms in total. The third-order valence-corrected chi connectivity index (χ3v) is 2.90. The molecule has 0 amide bonds. The number of nitriles is 1. The molecule has 0 unspecified atom stereocenters. The molecule has 0 heterocycles. The number of benzene rings is 1. The van der Waals surface area contributed by atoms with E-state index < -0.39 is 0 Å². The van der Waals surface area contributed by atoms with E-state index in [4.69, 9.17) is 22.6 Å². The Labute approximate surface area is 103 Å². The summed E-state index contributed by atoms with van der Waals surface area (Å²) < 4.78 is 0.806. The summed E-state index contributed by atoms with van der Waals surface area (Å²) in [7, 11) is 0. The van der Waals surface area contributed by atoms with Gasteiger partial charge in [-0.1, -0.05) is 17.7 Å². The summed E-state index contributed by atoms with van der Waals surface area (Å²) in [5.41, 5.74) is 6.65. The maximum Gasteiger partial charge on any atom is 0.0641 e. The molecule has 0 spiro atoms. The Hall–Kier alpha value is -0.270. The molecule has 1 atom stereocenters. The van der Waals surface area contributed by atoms with Gasteiger partial charge in [-0.2, -0.15) is 5.26 Å². The van der Waals surface area contributed by atoms with Crippen molar-refractivity contribution in [2.75, 3.05) is 0 Å². The van der Waals surface area contributed by atoms with Crippen molar-refractivity contribution >= 4 is 39.9 Å². The minimum Gasteiger partial charge on any atom is -0.323 e. The van der Waals surface area contributed by atoms with Crippen molar-refractivity contribution in [1.82, 2.24) is 0 Å². The molecule has 0 aliphatic rings. The fourth-order valence-electron chi connectivity index (χ4n) is 0.959. The predicted molar refractivity (Wildman–Crippen MR) is 63.6 cm³/mol. The van der Waals surface area contributed by atoms with Crippen LogP contribution >= 0.6 is 39.9 Å². The minimum absolute atomic E-state index is 0. The number of hydrogen-bond donors (Lipinski definition) is 1. The van der Waals surface area contributed by atoms with Crippen molar-refractivity contribution in [3.05, 3.63) is 33.3 Å². The molecule has 0 fully saturated rings. The molecule has 1 rings (SSSR count). The van der Waals surface area contributed by atoms with Crippen molar-refractivity contribution < 1.29 is 0 Å². The normalized spacial score (nSPS) is 11.3. The third kappa shape index (κ3) is 3.47. The van der Waals surface area contributed by atoms with Gasteiger partial charge in [0.25, 0.3) is 0 Å². The molecular weight excluding hydrogens is 287 g/mol. The van der Waals surface area contributed by atoms with Gasteiger partial charge in [0.05, 0.1) is 17.5 Å². The first-order valence-corrected chi connectivity index (χ1v) is 4.89. The highest BCUT2D eigenvalue weighted by Gasteiger charge is 2.06. The lowest BCUT2D eigenvalue weighted by atomic mass is 10.1. The van der Waals surface area contributed by atoms with Crippen LogP contribution in [-0.2, 0) is 0 Å². The van der Waals surface area contributed by atoms with E-state index in [1.165, 1.54) is 0 Å². The van der Waals surface area contributed by atoms with Crippen LogP contribution in [0.5, 0.6) is 0 Å². The predicted octanol–water partition coefficient (Wildman–Crippen LogP) is 3.44. The summed E-state index contributed by atoms with van der Waals surface area (Å²) >= 11 is 9.10. The Morgan fingerprint density at radius 2 is 2.21 bits per heavy atom. The van der Waals surface area contributed by atoms with Crippen LogP contribution in [0.3, 0.4) is 0 Å². The van der Waals surface area contributed by atoms with Crippen LogP contribution in [-0.4, -0.2) is 0 Å². The van der Waals surface area contributed by atoms with E-state index in [0.717, 1.165) is 10.0 Å². The molecule has 0 saturated heterocycles. The highest BCUT2D eigenvalue weighted by atomic mass is 79.9. The van der Waals surface area contributed by atoms with Crippen molar-refractivity contribution in [2.24, 2.45) is 5.73 Å². The van der Waals surface area contributed by atoms with Crippen molar-refractivity contribution in [3.63, 3.8) is 0 Å². The number of nitrogens with zero attached hydrogens (tertiary/aromatic N) is 1. The molecule has 2 N–H and O–H groups in total. The lowest BCUT2D eigenvalue weighted by Gasteiger charge is -2.08. The Kier molecular flexibility index (Phi) is 6.14. The van der Waals surface area contributed by atoms with Crippen LogP contribution in [0.2, 0.25) is 5.02 Å². The summed E-state index contributed by atoms with van der Waals surface area (Å²) in [4.78, 5) is 0.